The van der Waals surface area contributed by atoms with Gasteiger partial charge in [0.1, 0.15) is 5.76 Å². The minimum atomic E-state index is 0.486. The van der Waals surface area contributed by atoms with Crippen LogP contribution in [0.3, 0.4) is 0 Å². The quantitative estimate of drug-likeness (QED) is 0.851. The van der Waals surface area contributed by atoms with Crippen LogP contribution >= 0.6 is 0 Å². The smallest absolute Gasteiger partial charge is 0.101 e. The van der Waals surface area contributed by atoms with Crippen molar-refractivity contribution >= 4 is 0 Å². The van der Waals surface area contributed by atoms with E-state index in [-0.39, 0.29) is 0 Å². The molecule has 2 rings (SSSR count). The first-order valence-electron chi connectivity index (χ1n) is 6.99. The molecule has 3 atom stereocenters. The molecule has 96 valence electrons. The Hall–Kier alpha value is -0.760. The van der Waals surface area contributed by atoms with Gasteiger partial charge >= 0.3 is 0 Å². The molecule has 1 N–H and O–H groups in total. The normalized spacial score (nSPS) is 27.0. The van der Waals surface area contributed by atoms with Gasteiger partial charge in [0, 0.05) is 11.6 Å². The first-order chi connectivity index (χ1) is 8.20. The number of nitrogens with one attached hydrogen (secondary N) is 1. The summed E-state index contributed by atoms with van der Waals surface area (Å²) in [6.45, 7) is 7.62. The summed E-state index contributed by atoms with van der Waals surface area (Å²) in [6.07, 6.45) is 7.42. The summed E-state index contributed by atoms with van der Waals surface area (Å²) in [4.78, 5) is 0. The standard InChI is InChI=1S/C15H25NO/c1-4-16-15(14-9-12(3)17-10-14)13-7-5-6-11(2)8-13/h9-11,13,15-16H,4-8H2,1-3H3. The van der Waals surface area contributed by atoms with Crippen molar-refractivity contribution in [2.45, 2.75) is 52.5 Å². The second-order valence-corrected chi connectivity index (χ2v) is 5.56. The molecule has 0 amide bonds. The molecular formula is C15H25NO. The Morgan fingerprint density at radius 1 is 1.47 bits per heavy atom. The van der Waals surface area contributed by atoms with E-state index in [2.05, 4.69) is 25.2 Å². The van der Waals surface area contributed by atoms with Crippen LogP contribution in [0.1, 0.15) is 56.9 Å². The lowest BCUT2D eigenvalue weighted by molar-refractivity contribution is 0.224. The molecule has 0 aromatic carbocycles. The molecule has 0 spiro atoms. The Kier molecular flexibility index (Phi) is 4.27. The molecule has 1 heterocycles. The van der Waals surface area contributed by atoms with Crippen LogP contribution in [0.15, 0.2) is 16.7 Å². The fourth-order valence-electron chi connectivity index (χ4n) is 3.19. The SMILES string of the molecule is CCNC(c1coc(C)c1)C1CCCC(C)C1. The number of furan rings is 1. The van der Waals surface area contributed by atoms with Crippen molar-refractivity contribution in [1.29, 1.82) is 0 Å². The van der Waals surface area contributed by atoms with Gasteiger partial charge in [-0.15, -0.1) is 0 Å². The molecule has 1 aromatic rings. The summed E-state index contributed by atoms with van der Waals surface area (Å²) in [6, 6.07) is 2.67. The predicted molar refractivity (Wildman–Crippen MR) is 71.0 cm³/mol. The Morgan fingerprint density at radius 3 is 2.88 bits per heavy atom. The zero-order valence-electron chi connectivity index (χ0n) is 11.3. The highest BCUT2D eigenvalue weighted by atomic mass is 16.3. The Labute approximate surface area is 105 Å². The highest BCUT2D eigenvalue weighted by molar-refractivity contribution is 5.17. The Morgan fingerprint density at radius 2 is 2.29 bits per heavy atom. The van der Waals surface area contributed by atoms with E-state index >= 15 is 0 Å². The topological polar surface area (TPSA) is 25.2 Å². The first-order valence-corrected chi connectivity index (χ1v) is 6.99. The molecular weight excluding hydrogens is 210 g/mol. The van der Waals surface area contributed by atoms with Gasteiger partial charge in [-0.2, -0.15) is 0 Å². The van der Waals surface area contributed by atoms with Crippen LogP contribution in [0.25, 0.3) is 0 Å². The zero-order valence-corrected chi connectivity index (χ0v) is 11.3. The van der Waals surface area contributed by atoms with E-state index in [0.717, 1.165) is 24.1 Å². The summed E-state index contributed by atoms with van der Waals surface area (Å²) in [5, 5.41) is 3.64. The summed E-state index contributed by atoms with van der Waals surface area (Å²) in [7, 11) is 0. The van der Waals surface area contributed by atoms with Crippen LogP contribution < -0.4 is 5.32 Å². The molecule has 1 saturated carbocycles. The van der Waals surface area contributed by atoms with E-state index in [9.17, 15) is 0 Å². The largest absolute Gasteiger partial charge is 0.469 e. The summed E-state index contributed by atoms with van der Waals surface area (Å²) in [5.74, 6) is 2.67. The third kappa shape index (κ3) is 3.12. The number of aryl methyl sites for hydroxylation is 1. The van der Waals surface area contributed by atoms with Crippen LogP contribution in [0.2, 0.25) is 0 Å². The Bertz CT molecular complexity index is 344. The molecule has 0 saturated heterocycles. The van der Waals surface area contributed by atoms with E-state index < -0.39 is 0 Å². The summed E-state index contributed by atoms with van der Waals surface area (Å²) in [5.41, 5.74) is 1.34. The molecule has 2 heteroatoms. The fraction of sp³-hybridized carbons (Fsp3) is 0.733. The molecule has 1 aliphatic rings. The van der Waals surface area contributed by atoms with Crippen LogP contribution in [-0.2, 0) is 0 Å². The predicted octanol–water partition coefficient (Wildman–Crippen LogP) is 4.06. The fourth-order valence-corrected chi connectivity index (χ4v) is 3.19. The average Bonchev–Trinajstić information content (AvgIpc) is 2.72. The van der Waals surface area contributed by atoms with E-state index in [4.69, 9.17) is 4.42 Å². The minimum Gasteiger partial charge on any atom is -0.469 e. The molecule has 0 aliphatic heterocycles. The average molecular weight is 235 g/mol. The van der Waals surface area contributed by atoms with Gasteiger partial charge in [0.05, 0.1) is 6.26 Å². The number of rotatable bonds is 4. The maximum absolute atomic E-state index is 5.47. The molecule has 1 aromatic heterocycles. The Balaban J connectivity index is 2.10. The van der Waals surface area contributed by atoms with Gasteiger partial charge < -0.3 is 9.73 Å². The molecule has 1 fully saturated rings. The van der Waals surface area contributed by atoms with Crippen LogP contribution in [-0.4, -0.2) is 6.54 Å². The van der Waals surface area contributed by atoms with Crippen molar-refractivity contribution in [3.05, 3.63) is 23.7 Å². The third-order valence-electron chi connectivity index (χ3n) is 3.98. The van der Waals surface area contributed by atoms with Crippen LogP contribution in [0.5, 0.6) is 0 Å². The van der Waals surface area contributed by atoms with Gasteiger partial charge in [0.2, 0.25) is 0 Å². The van der Waals surface area contributed by atoms with Gasteiger partial charge in [0.15, 0.2) is 0 Å². The first kappa shape index (κ1) is 12.7. The lowest BCUT2D eigenvalue weighted by atomic mass is 9.77. The van der Waals surface area contributed by atoms with Gasteiger partial charge in [-0.3, -0.25) is 0 Å². The van der Waals surface area contributed by atoms with Crippen molar-refractivity contribution in [2.24, 2.45) is 11.8 Å². The highest BCUT2D eigenvalue weighted by Gasteiger charge is 2.28. The summed E-state index contributed by atoms with van der Waals surface area (Å²) < 4.78 is 5.47. The zero-order chi connectivity index (χ0) is 12.3. The van der Waals surface area contributed by atoms with E-state index in [0.29, 0.717) is 6.04 Å². The molecule has 0 bridgehead atoms. The highest BCUT2D eigenvalue weighted by Crippen LogP contribution is 2.37. The van der Waals surface area contributed by atoms with Gasteiger partial charge in [-0.05, 0) is 44.2 Å². The van der Waals surface area contributed by atoms with Crippen molar-refractivity contribution in [2.75, 3.05) is 6.54 Å². The number of hydrogen-bond acceptors (Lipinski definition) is 2. The lowest BCUT2D eigenvalue weighted by Crippen LogP contribution is -2.30. The van der Waals surface area contributed by atoms with Crippen LogP contribution in [0, 0.1) is 18.8 Å². The van der Waals surface area contributed by atoms with E-state index in [1.807, 2.05) is 13.2 Å². The molecule has 1 aliphatic carbocycles. The minimum absolute atomic E-state index is 0.486. The molecule has 2 nitrogen and oxygen atoms in total. The second-order valence-electron chi connectivity index (χ2n) is 5.56. The summed E-state index contributed by atoms with van der Waals surface area (Å²) >= 11 is 0. The van der Waals surface area contributed by atoms with Crippen LogP contribution in [0.4, 0.5) is 0 Å². The van der Waals surface area contributed by atoms with E-state index in [1.165, 1.54) is 31.2 Å². The molecule has 3 unspecified atom stereocenters. The maximum atomic E-state index is 5.47. The third-order valence-corrected chi connectivity index (χ3v) is 3.98. The number of hydrogen-bond donors (Lipinski definition) is 1. The van der Waals surface area contributed by atoms with E-state index in [1.54, 1.807) is 0 Å². The van der Waals surface area contributed by atoms with Crippen molar-refractivity contribution in [3.8, 4) is 0 Å². The van der Waals surface area contributed by atoms with Crippen molar-refractivity contribution < 1.29 is 4.42 Å². The molecule has 0 radical (unpaired) electrons. The molecule has 17 heavy (non-hydrogen) atoms. The monoisotopic (exact) mass is 235 g/mol. The second kappa shape index (κ2) is 5.72. The van der Waals surface area contributed by atoms with Gasteiger partial charge in [-0.25, -0.2) is 0 Å². The van der Waals surface area contributed by atoms with Crippen molar-refractivity contribution in [1.82, 2.24) is 5.32 Å². The maximum Gasteiger partial charge on any atom is 0.101 e. The van der Waals surface area contributed by atoms with Gasteiger partial charge in [-0.1, -0.05) is 26.7 Å². The lowest BCUT2D eigenvalue weighted by Gasteiger charge is -2.33. The van der Waals surface area contributed by atoms with Gasteiger partial charge in [0.25, 0.3) is 0 Å². The van der Waals surface area contributed by atoms with Crippen molar-refractivity contribution in [3.63, 3.8) is 0 Å².